The summed E-state index contributed by atoms with van der Waals surface area (Å²) in [4.78, 5) is 26.9. The first-order chi connectivity index (χ1) is 12.6. The molecule has 0 N–H and O–H groups in total. The first-order valence-electron chi connectivity index (χ1n) is 8.61. The van der Waals surface area contributed by atoms with Gasteiger partial charge in [0.2, 0.25) is 11.8 Å². The Morgan fingerprint density at radius 1 is 0.885 bits per heavy atom. The van der Waals surface area contributed by atoms with E-state index in [0.717, 1.165) is 22.6 Å². The second-order valence-electron chi connectivity index (χ2n) is 6.49. The fraction of sp³-hybridized carbons (Fsp3) is 0.190. The van der Waals surface area contributed by atoms with Gasteiger partial charge in [-0.05, 0) is 38.1 Å². The molecule has 4 rings (SSSR count). The standard InChI is InChI=1S/C21H19N3O2/c1-14-20(15(2)24(22-14)17-11-7-4-8-12-17)18-13-19(25)23(21(18)26)16-9-5-3-6-10-16/h3-12,18H,13H2,1-2H3/t18-/m0/s1. The van der Waals surface area contributed by atoms with Gasteiger partial charge in [-0.25, -0.2) is 4.68 Å². The second-order valence-corrected chi connectivity index (χ2v) is 6.49. The zero-order valence-corrected chi connectivity index (χ0v) is 14.7. The summed E-state index contributed by atoms with van der Waals surface area (Å²) in [6.45, 7) is 3.84. The molecule has 2 amide bonds. The number of hydrogen-bond donors (Lipinski definition) is 0. The quantitative estimate of drug-likeness (QED) is 0.682. The lowest BCUT2D eigenvalue weighted by atomic mass is 9.95. The minimum atomic E-state index is -0.486. The molecule has 1 aliphatic heterocycles. The minimum Gasteiger partial charge on any atom is -0.274 e. The highest BCUT2D eigenvalue weighted by Crippen LogP contribution is 2.36. The molecule has 0 aliphatic carbocycles. The van der Waals surface area contributed by atoms with Gasteiger partial charge in [-0.3, -0.25) is 14.5 Å². The summed E-state index contributed by atoms with van der Waals surface area (Å²) in [6, 6.07) is 18.9. The van der Waals surface area contributed by atoms with Gasteiger partial charge in [0.1, 0.15) is 0 Å². The lowest BCUT2D eigenvalue weighted by molar-refractivity contribution is -0.121. The van der Waals surface area contributed by atoms with Crippen molar-refractivity contribution in [3.05, 3.63) is 77.6 Å². The van der Waals surface area contributed by atoms with Gasteiger partial charge in [-0.15, -0.1) is 0 Å². The smallest absolute Gasteiger partial charge is 0.241 e. The monoisotopic (exact) mass is 345 g/mol. The highest BCUT2D eigenvalue weighted by Gasteiger charge is 2.42. The maximum atomic E-state index is 13.0. The summed E-state index contributed by atoms with van der Waals surface area (Å²) in [5.74, 6) is -0.836. The van der Waals surface area contributed by atoms with Crippen LogP contribution in [0.3, 0.4) is 0 Å². The minimum absolute atomic E-state index is 0.169. The number of aryl methyl sites for hydroxylation is 1. The van der Waals surface area contributed by atoms with E-state index in [4.69, 9.17) is 0 Å². The zero-order chi connectivity index (χ0) is 18.3. The van der Waals surface area contributed by atoms with Crippen LogP contribution in [0.25, 0.3) is 5.69 Å². The van der Waals surface area contributed by atoms with Gasteiger partial charge >= 0.3 is 0 Å². The molecule has 1 fully saturated rings. The number of carbonyl (C=O) groups is 2. The second kappa shape index (κ2) is 6.26. The van der Waals surface area contributed by atoms with Crippen molar-refractivity contribution in [1.29, 1.82) is 0 Å². The number of aromatic nitrogens is 2. The van der Waals surface area contributed by atoms with E-state index in [2.05, 4.69) is 5.10 Å². The topological polar surface area (TPSA) is 55.2 Å². The van der Waals surface area contributed by atoms with Crippen molar-refractivity contribution in [2.75, 3.05) is 4.90 Å². The van der Waals surface area contributed by atoms with Gasteiger partial charge in [0, 0.05) is 17.7 Å². The summed E-state index contributed by atoms with van der Waals surface area (Å²) in [7, 11) is 0. The van der Waals surface area contributed by atoms with E-state index in [1.807, 2.05) is 67.1 Å². The number of amides is 2. The number of anilines is 1. The van der Waals surface area contributed by atoms with Crippen LogP contribution in [0.5, 0.6) is 0 Å². The van der Waals surface area contributed by atoms with Crippen LogP contribution in [-0.4, -0.2) is 21.6 Å². The number of nitrogens with zero attached hydrogens (tertiary/aromatic N) is 3. The zero-order valence-electron chi connectivity index (χ0n) is 14.7. The molecule has 1 saturated heterocycles. The van der Waals surface area contributed by atoms with Crippen LogP contribution in [0.2, 0.25) is 0 Å². The summed E-state index contributed by atoms with van der Waals surface area (Å²) in [5, 5.41) is 4.62. The number of benzene rings is 2. The van der Waals surface area contributed by atoms with Crippen LogP contribution in [0.15, 0.2) is 60.7 Å². The van der Waals surface area contributed by atoms with Crippen LogP contribution in [0.1, 0.15) is 29.3 Å². The number of para-hydroxylation sites is 2. The Kier molecular flexibility index (Phi) is 3.92. The molecule has 130 valence electrons. The predicted molar refractivity (Wildman–Crippen MR) is 99.3 cm³/mol. The normalized spacial score (nSPS) is 17.2. The van der Waals surface area contributed by atoms with E-state index in [1.54, 1.807) is 12.1 Å². The van der Waals surface area contributed by atoms with Crippen molar-refractivity contribution < 1.29 is 9.59 Å². The number of hydrogen-bond acceptors (Lipinski definition) is 3. The van der Waals surface area contributed by atoms with E-state index in [9.17, 15) is 9.59 Å². The molecule has 5 nitrogen and oxygen atoms in total. The molecule has 1 aliphatic rings. The maximum absolute atomic E-state index is 13.0. The summed E-state index contributed by atoms with van der Waals surface area (Å²) in [5.41, 5.74) is 4.10. The number of rotatable bonds is 3. The van der Waals surface area contributed by atoms with Gasteiger partial charge in [0.25, 0.3) is 0 Å². The Hall–Kier alpha value is -3.21. The number of carbonyl (C=O) groups excluding carboxylic acids is 2. The van der Waals surface area contributed by atoms with Crippen LogP contribution >= 0.6 is 0 Å². The fourth-order valence-corrected chi connectivity index (χ4v) is 3.69. The summed E-state index contributed by atoms with van der Waals surface area (Å²) in [6.07, 6.45) is 0.176. The van der Waals surface area contributed by atoms with Crippen molar-refractivity contribution in [2.45, 2.75) is 26.2 Å². The average Bonchev–Trinajstić information content (AvgIpc) is 3.11. The molecule has 26 heavy (non-hydrogen) atoms. The summed E-state index contributed by atoms with van der Waals surface area (Å²) >= 11 is 0. The number of imide groups is 1. The largest absolute Gasteiger partial charge is 0.274 e. The van der Waals surface area contributed by atoms with E-state index in [0.29, 0.717) is 5.69 Å². The van der Waals surface area contributed by atoms with Crippen LogP contribution in [0.4, 0.5) is 5.69 Å². The third-order valence-corrected chi connectivity index (χ3v) is 4.86. The third-order valence-electron chi connectivity index (χ3n) is 4.86. The van der Waals surface area contributed by atoms with Crippen molar-refractivity contribution in [3.8, 4) is 5.69 Å². The molecule has 1 atom stereocenters. The molecular formula is C21H19N3O2. The molecule has 0 bridgehead atoms. The Bertz CT molecular complexity index is 977. The van der Waals surface area contributed by atoms with Gasteiger partial charge in [-0.1, -0.05) is 36.4 Å². The van der Waals surface area contributed by atoms with Gasteiger partial charge in [0.15, 0.2) is 0 Å². The van der Waals surface area contributed by atoms with Gasteiger partial charge < -0.3 is 0 Å². The van der Waals surface area contributed by atoms with Crippen molar-refractivity contribution in [3.63, 3.8) is 0 Å². The lowest BCUT2D eigenvalue weighted by Crippen LogP contribution is -2.30. The Labute approximate surface area is 151 Å². The summed E-state index contributed by atoms with van der Waals surface area (Å²) < 4.78 is 1.84. The third kappa shape index (κ3) is 2.52. The fourth-order valence-electron chi connectivity index (χ4n) is 3.69. The lowest BCUT2D eigenvalue weighted by Gasteiger charge is -2.15. The van der Waals surface area contributed by atoms with Crippen molar-refractivity contribution >= 4 is 17.5 Å². The van der Waals surface area contributed by atoms with Crippen molar-refractivity contribution in [1.82, 2.24) is 9.78 Å². The van der Waals surface area contributed by atoms with Crippen LogP contribution < -0.4 is 4.90 Å². The predicted octanol–water partition coefficient (Wildman–Crippen LogP) is 3.54. The first-order valence-corrected chi connectivity index (χ1v) is 8.61. The molecule has 0 radical (unpaired) electrons. The maximum Gasteiger partial charge on any atom is 0.241 e. The SMILES string of the molecule is Cc1nn(-c2ccccc2)c(C)c1[C@@H]1CC(=O)N(c2ccccc2)C1=O. The molecule has 0 unspecified atom stereocenters. The molecule has 3 aromatic rings. The highest BCUT2D eigenvalue weighted by atomic mass is 16.2. The highest BCUT2D eigenvalue weighted by molar-refractivity contribution is 6.22. The Morgan fingerprint density at radius 3 is 2.08 bits per heavy atom. The van der Waals surface area contributed by atoms with E-state index in [-0.39, 0.29) is 18.2 Å². The first kappa shape index (κ1) is 16.3. The molecule has 5 heteroatoms. The van der Waals surface area contributed by atoms with Crippen LogP contribution in [0, 0.1) is 13.8 Å². The molecular weight excluding hydrogens is 326 g/mol. The van der Waals surface area contributed by atoms with Gasteiger partial charge in [0.05, 0.1) is 23.0 Å². The molecule has 1 aromatic heterocycles. The van der Waals surface area contributed by atoms with E-state index >= 15 is 0 Å². The molecule has 2 aromatic carbocycles. The molecule has 0 spiro atoms. The average molecular weight is 345 g/mol. The Balaban J connectivity index is 1.74. The molecule has 2 heterocycles. The van der Waals surface area contributed by atoms with E-state index < -0.39 is 5.92 Å². The van der Waals surface area contributed by atoms with Crippen LogP contribution in [-0.2, 0) is 9.59 Å². The van der Waals surface area contributed by atoms with E-state index in [1.165, 1.54) is 4.90 Å². The molecule has 0 saturated carbocycles. The van der Waals surface area contributed by atoms with Crippen molar-refractivity contribution in [2.24, 2.45) is 0 Å². The Morgan fingerprint density at radius 2 is 1.46 bits per heavy atom. The van der Waals surface area contributed by atoms with Gasteiger partial charge in [-0.2, -0.15) is 5.10 Å².